The van der Waals surface area contributed by atoms with Crippen LogP contribution in [0.1, 0.15) is 0 Å². The van der Waals surface area contributed by atoms with Crippen LogP contribution in [0.15, 0.2) is 65.0 Å². The molecule has 0 radical (unpaired) electrons. The number of carbonyl (C=O) groups is 1. The number of carbonyl (C=O) groups excluding carboxylic acids is 1. The Kier molecular flexibility index (Phi) is 5.57. The first-order chi connectivity index (χ1) is 13.0. The number of anilines is 3. The van der Waals surface area contributed by atoms with E-state index in [0.717, 1.165) is 0 Å². The van der Waals surface area contributed by atoms with Crippen LogP contribution in [0.5, 0.6) is 5.75 Å². The van der Waals surface area contributed by atoms with Crippen LogP contribution >= 0.6 is 11.3 Å². The number of hydrogen-bond donors (Lipinski definition) is 3. The number of rotatable bonds is 6. The first kappa shape index (κ1) is 18.7. The van der Waals surface area contributed by atoms with E-state index in [1.165, 1.54) is 48.9 Å². The number of hydrogen-bond acceptors (Lipinski definition) is 6. The molecule has 0 aliphatic rings. The Bertz CT molecular complexity index is 1020. The highest BCUT2D eigenvalue weighted by Crippen LogP contribution is 2.23. The summed E-state index contributed by atoms with van der Waals surface area (Å²) >= 11 is 1.18. The Morgan fingerprint density at radius 1 is 1.07 bits per heavy atom. The molecule has 3 N–H and O–H groups in total. The number of benzene rings is 2. The molecule has 0 aliphatic carbocycles. The Balaban J connectivity index is 1.66. The van der Waals surface area contributed by atoms with Crippen molar-refractivity contribution in [2.45, 2.75) is 4.90 Å². The predicted molar refractivity (Wildman–Crippen MR) is 105 cm³/mol. The van der Waals surface area contributed by atoms with Gasteiger partial charge in [0.25, 0.3) is 10.0 Å². The molecule has 10 heteroatoms. The van der Waals surface area contributed by atoms with E-state index in [1.54, 1.807) is 29.6 Å². The molecule has 0 saturated carbocycles. The average molecular weight is 404 g/mol. The van der Waals surface area contributed by atoms with Crippen molar-refractivity contribution in [2.24, 2.45) is 0 Å². The van der Waals surface area contributed by atoms with E-state index in [1.807, 2.05) is 0 Å². The molecule has 27 heavy (non-hydrogen) atoms. The molecular weight excluding hydrogens is 388 g/mol. The Morgan fingerprint density at radius 3 is 2.48 bits per heavy atom. The second kappa shape index (κ2) is 8.06. The quantitative estimate of drug-likeness (QED) is 0.582. The van der Waals surface area contributed by atoms with E-state index >= 15 is 0 Å². The standard InChI is InChI=1S/C17H16N4O4S2/c1-25-15-5-3-2-4-14(15)20-16(22)19-12-6-8-13(9-7-12)27(23,24)21-17-18-10-11-26-17/h2-11H,1H3,(H,18,21)(H2,19,20,22). The maximum atomic E-state index is 12.3. The van der Waals surface area contributed by atoms with Crippen LogP contribution < -0.4 is 20.1 Å². The molecule has 1 heterocycles. The Morgan fingerprint density at radius 2 is 1.81 bits per heavy atom. The number of para-hydroxylation sites is 2. The van der Waals surface area contributed by atoms with E-state index in [0.29, 0.717) is 17.1 Å². The van der Waals surface area contributed by atoms with Gasteiger partial charge in [-0.25, -0.2) is 18.2 Å². The minimum atomic E-state index is -3.73. The van der Waals surface area contributed by atoms with Crippen LogP contribution in [0.2, 0.25) is 0 Å². The molecule has 2 amide bonds. The maximum Gasteiger partial charge on any atom is 0.323 e. The van der Waals surface area contributed by atoms with Crippen molar-refractivity contribution in [3.8, 4) is 5.75 Å². The van der Waals surface area contributed by atoms with E-state index in [-0.39, 0.29) is 10.0 Å². The molecule has 0 bridgehead atoms. The first-order valence-electron chi connectivity index (χ1n) is 7.71. The largest absolute Gasteiger partial charge is 0.495 e. The molecule has 0 spiro atoms. The van der Waals surface area contributed by atoms with Gasteiger partial charge in [0.15, 0.2) is 5.13 Å². The van der Waals surface area contributed by atoms with Crippen LogP contribution in [0.25, 0.3) is 0 Å². The van der Waals surface area contributed by atoms with Gasteiger partial charge in [-0.15, -0.1) is 11.3 Å². The summed E-state index contributed by atoms with van der Waals surface area (Å²) in [7, 11) is -2.22. The van der Waals surface area contributed by atoms with Crippen molar-refractivity contribution in [3.63, 3.8) is 0 Å². The zero-order chi connectivity index (χ0) is 19.3. The molecule has 1 aromatic heterocycles. The summed E-state index contributed by atoms with van der Waals surface area (Å²) in [6.45, 7) is 0. The minimum Gasteiger partial charge on any atom is -0.495 e. The maximum absolute atomic E-state index is 12.3. The molecule has 140 valence electrons. The summed E-state index contributed by atoms with van der Waals surface area (Å²) in [5.74, 6) is 0.530. The third-order valence-electron chi connectivity index (χ3n) is 3.43. The van der Waals surface area contributed by atoms with Gasteiger partial charge in [-0.05, 0) is 36.4 Å². The molecule has 8 nitrogen and oxygen atoms in total. The normalized spacial score (nSPS) is 10.9. The van der Waals surface area contributed by atoms with Gasteiger partial charge < -0.3 is 15.4 Å². The van der Waals surface area contributed by atoms with Gasteiger partial charge in [0.2, 0.25) is 0 Å². The van der Waals surface area contributed by atoms with Crippen LogP contribution in [0, 0.1) is 0 Å². The fourth-order valence-corrected chi connectivity index (χ4v) is 3.99. The van der Waals surface area contributed by atoms with Crippen LogP contribution in [-0.4, -0.2) is 26.5 Å². The molecule has 0 aliphatic heterocycles. The third-order valence-corrected chi connectivity index (χ3v) is 5.60. The lowest BCUT2D eigenvalue weighted by Crippen LogP contribution is -2.20. The number of ether oxygens (including phenoxy) is 1. The number of urea groups is 1. The van der Waals surface area contributed by atoms with Gasteiger partial charge in [-0.1, -0.05) is 12.1 Å². The zero-order valence-corrected chi connectivity index (χ0v) is 15.8. The number of nitrogens with zero attached hydrogens (tertiary/aromatic N) is 1. The molecule has 0 fully saturated rings. The summed E-state index contributed by atoms with van der Waals surface area (Å²) in [4.78, 5) is 16.1. The van der Waals surface area contributed by atoms with Crippen molar-refractivity contribution < 1.29 is 17.9 Å². The lowest BCUT2D eigenvalue weighted by Gasteiger charge is -2.11. The third kappa shape index (κ3) is 4.74. The molecule has 3 rings (SSSR count). The Hall–Kier alpha value is -3.11. The summed E-state index contributed by atoms with van der Waals surface area (Å²) in [6.07, 6.45) is 1.51. The lowest BCUT2D eigenvalue weighted by atomic mass is 10.3. The van der Waals surface area contributed by atoms with Gasteiger partial charge in [-0.3, -0.25) is 4.72 Å². The second-order valence-electron chi connectivity index (χ2n) is 5.25. The summed E-state index contributed by atoms with van der Waals surface area (Å²) in [6, 6.07) is 12.3. The van der Waals surface area contributed by atoms with Crippen LogP contribution in [-0.2, 0) is 10.0 Å². The molecule has 0 atom stereocenters. The highest BCUT2D eigenvalue weighted by molar-refractivity contribution is 7.93. The van der Waals surface area contributed by atoms with Crippen molar-refractivity contribution in [1.29, 1.82) is 0 Å². The summed E-state index contributed by atoms with van der Waals surface area (Å²) < 4.78 is 32.1. The summed E-state index contributed by atoms with van der Waals surface area (Å²) in [5, 5.41) is 7.26. The van der Waals surface area contributed by atoms with Gasteiger partial charge in [0, 0.05) is 17.3 Å². The van der Waals surface area contributed by atoms with Crippen molar-refractivity contribution in [2.75, 3.05) is 22.5 Å². The Labute approximate surface area is 160 Å². The van der Waals surface area contributed by atoms with E-state index in [9.17, 15) is 13.2 Å². The van der Waals surface area contributed by atoms with E-state index < -0.39 is 16.1 Å². The van der Waals surface area contributed by atoms with E-state index in [2.05, 4.69) is 20.3 Å². The smallest absolute Gasteiger partial charge is 0.323 e. The van der Waals surface area contributed by atoms with Gasteiger partial charge >= 0.3 is 6.03 Å². The SMILES string of the molecule is COc1ccccc1NC(=O)Nc1ccc(S(=O)(=O)Nc2nccs2)cc1. The lowest BCUT2D eigenvalue weighted by molar-refractivity contribution is 0.262. The topological polar surface area (TPSA) is 109 Å². The number of aromatic nitrogens is 1. The molecular formula is C17H16N4O4S2. The molecule has 2 aromatic carbocycles. The first-order valence-corrected chi connectivity index (χ1v) is 10.1. The number of methoxy groups -OCH3 is 1. The zero-order valence-electron chi connectivity index (χ0n) is 14.2. The van der Waals surface area contributed by atoms with Crippen molar-refractivity contribution in [1.82, 2.24) is 4.98 Å². The highest BCUT2D eigenvalue weighted by Gasteiger charge is 2.15. The number of sulfonamides is 1. The average Bonchev–Trinajstić information content (AvgIpc) is 3.15. The van der Waals surface area contributed by atoms with Crippen molar-refractivity contribution in [3.05, 3.63) is 60.1 Å². The van der Waals surface area contributed by atoms with Gasteiger partial charge in [-0.2, -0.15) is 0 Å². The number of amides is 2. The minimum absolute atomic E-state index is 0.0633. The number of thiazole rings is 1. The fraction of sp³-hybridized carbons (Fsp3) is 0.0588. The van der Waals surface area contributed by atoms with Crippen LogP contribution in [0.4, 0.5) is 21.3 Å². The summed E-state index contributed by atoms with van der Waals surface area (Å²) in [5.41, 5.74) is 0.958. The molecule has 3 aromatic rings. The van der Waals surface area contributed by atoms with E-state index in [4.69, 9.17) is 4.74 Å². The number of nitrogens with one attached hydrogen (secondary N) is 3. The van der Waals surface area contributed by atoms with Crippen LogP contribution in [0.3, 0.4) is 0 Å². The molecule has 0 saturated heterocycles. The van der Waals surface area contributed by atoms with Gasteiger partial charge in [0.05, 0.1) is 17.7 Å². The highest BCUT2D eigenvalue weighted by atomic mass is 32.2. The predicted octanol–water partition coefficient (Wildman–Crippen LogP) is 3.60. The second-order valence-corrected chi connectivity index (χ2v) is 7.82. The fourth-order valence-electron chi connectivity index (χ4n) is 2.20. The van der Waals surface area contributed by atoms with Crippen molar-refractivity contribution >= 4 is 43.9 Å². The van der Waals surface area contributed by atoms with Gasteiger partial charge in [0.1, 0.15) is 5.75 Å². The molecule has 0 unspecified atom stereocenters. The monoisotopic (exact) mass is 404 g/mol.